The first kappa shape index (κ1) is 23.0. The predicted molar refractivity (Wildman–Crippen MR) is 106 cm³/mol. The fourth-order valence-corrected chi connectivity index (χ4v) is 2.26. The fourth-order valence-electron chi connectivity index (χ4n) is 2.26. The van der Waals surface area contributed by atoms with Crippen molar-refractivity contribution in [2.24, 2.45) is 5.73 Å². The van der Waals surface area contributed by atoms with Gasteiger partial charge < -0.3 is 15.4 Å². The third kappa shape index (κ3) is 10.5. The molecule has 25 heavy (non-hydrogen) atoms. The minimum Gasteiger partial charge on any atom is -0.469 e. The van der Waals surface area contributed by atoms with Gasteiger partial charge in [0.25, 0.3) is 0 Å². The van der Waals surface area contributed by atoms with Crippen LogP contribution in [0.1, 0.15) is 33.1 Å². The number of unbranched alkanes of at least 4 members (excludes halogenated alkanes) is 1. The summed E-state index contributed by atoms with van der Waals surface area (Å²) in [6.07, 6.45) is 4.38. The van der Waals surface area contributed by atoms with Crippen molar-refractivity contribution in [2.75, 3.05) is 33.8 Å². The summed E-state index contributed by atoms with van der Waals surface area (Å²) in [4.78, 5) is 17.3. The number of aromatic nitrogens is 1. The lowest BCUT2D eigenvalue weighted by Crippen LogP contribution is -2.24. The molecule has 0 radical (unpaired) electrons. The van der Waals surface area contributed by atoms with Crippen molar-refractivity contribution < 1.29 is 9.53 Å². The van der Waals surface area contributed by atoms with E-state index < -0.39 is 0 Å². The number of benzene rings is 1. The number of methoxy groups -OCH3 is 1. The van der Waals surface area contributed by atoms with Gasteiger partial charge in [-0.05, 0) is 51.7 Å². The highest BCUT2D eigenvalue weighted by molar-refractivity contribution is 5.77. The largest absolute Gasteiger partial charge is 0.469 e. The number of rotatable bonds is 7. The average Bonchev–Trinajstić information content (AvgIpc) is 2.70. The Bertz CT molecular complexity index is 506. The van der Waals surface area contributed by atoms with E-state index in [-0.39, 0.29) is 5.97 Å². The van der Waals surface area contributed by atoms with Crippen LogP contribution in [-0.2, 0) is 9.53 Å². The number of pyridine rings is 1. The molecule has 2 rings (SSSR count). The van der Waals surface area contributed by atoms with Crippen LogP contribution in [0.25, 0.3) is 10.9 Å². The zero-order chi connectivity index (χ0) is 18.9. The lowest BCUT2D eigenvalue weighted by atomic mass is 10.2. The Kier molecular flexibility index (Phi) is 14.3. The number of nitrogens with zero attached hydrogens (tertiary/aromatic N) is 2. The quantitative estimate of drug-likeness (QED) is 0.613. The molecule has 0 atom stereocenters. The number of esters is 1. The minimum atomic E-state index is -0.0976. The Morgan fingerprint density at radius 2 is 1.72 bits per heavy atom. The van der Waals surface area contributed by atoms with Gasteiger partial charge in [-0.2, -0.15) is 0 Å². The van der Waals surface area contributed by atoms with Crippen molar-refractivity contribution in [1.29, 1.82) is 0 Å². The molecule has 0 bridgehead atoms. The van der Waals surface area contributed by atoms with Crippen LogP contribution >= 0.6 is 0 Å². The average molecular weight is 348 g/mol. The first-order chi connectivity index (χ1) is 12.2. The topological polar surface area (TPSA) is 68.5 Å². The fraction of sp³-hybridized carbons (Fsp3) is 0.500. The van der Waals surface area contributed by atoms with E-state index in [4.69, 9.17) is 0 Å². The maximum absolute atomic E-state index is 10.8. The van der Waals surface area contributed by atoms with Gasteiger partial charge in [-0.3, -0.25) is 9.78 Å². The highest BCUT2D eigenvalue weighted by Crippen LogP contribution is 2.07. The van der Waals surface area contributed by atoms with Gasteiger partial charge in [-0.15, -0.1) is 0 Å². The van der Waals surface area contributed by atoms with E-state index in [1.165, 1.54) is 19.5 Å². The number of carbonyl (C=O) groups excluding carboxylic acids is 1. The van der Waals surface area contributed by atoms with Crippen molar-refractivity contribution in [3.8, 4) is 0 Å². The van der Waals surface area contributed by atoms with Gasteiger partial charge in [0.15, 0.2) is 0 Å². The van der Waals surface area contributed by atoms with E-state index in [0.717, 1.165) is 38.0 Å². The van der Waals surface area contributed by atoms with Gasteiger partial charge in [-0.25, -0.2) is 0 Å². The summed E-state index contributed by atoms with van der Waals surface area (Å²) in [5.41, 5.74) is 5.56. The van der Waals surface area contributed by atoms with Crippen LogP contribution in [0.5, 0.6) is 0 Å². The molecule has 5 nitrogen and oxygen atoms in total. The highest BCUT2D eigenvalue weighted by Gasteiger charge is 2.01. The molecule has 140 valence electrons. The van der Waals surface area contributed by atoms with E-state index in [1.807, 2.05) is 30.5 Å². The molecule has 1 aromatic heterocycles. The van der Waals surface area contributed by atoms with E-state index >= 15 is 0 Å². The number of nitrogens with two attached hydrogens (primary N) is 1. The van der Waals surface area contributed by atoms with Crippen LogP contribution in [-0.4, -0.2) is 49.6 Å². The summed E-state index contributed by atoms with van der Waals surface area (Å²) in [6.45, 7) is 7.58. The van der Waals surface area contributed by atoms with E-state index in [0.29, 0.717) is 6.42 Å². The SMILES string of the molecule is CCN(CC)CCCCC(=O)OC.CN.c1ccc2ncccc2c1. The molecule has 0 unspecified atom stereocenters. The summed E-state index contributed by atoms with van der Waals surface area (Å²) in [7, 11) is 2.94. The van der Waals surface area contributed by atoms with Crippen LogP contribution in [0.4, 0.5) is 0 Å². The van der Waals surface area contributed by atoms with Crippen molar-refractivity contribution in [3.05, 3.63) is 42.6 Å². The van der Waals surface area contributed by atoms with Gasteiger partial charge in [0, 0.05) is 18.0 Å². The van der Waals surface area contributed by atoms with Crippen LogP contribution < -0.4 is 5.73 Å². The monoisotopic (exact) mass is 347 g/mol. The summed E-state index contributed by atoms with van der Waals surface area (Å²) in [5, 5.41) is 1.20. The molecular formula is C20H33N3O2. The molecule has 0 aliphatic heterocycles. The number of fused-ring (bicyclic) bond motifs is 1. The van der Waals surface area contributed by atoms with Crippen molar-refractivity contribution in [1.82, 2.24) is 9.88 Å². The number of carbonyl (C=O) groups is 1. The molecule has 1 aromatic carbocycles. The molecule has 0 spiro atoms. The van der Waals surface area contributed by atoms with Crippen molar-refractivity contribution >= 4 is 16.9 Å². The molecule has 0 fully saturated rings. The third-order valence-corrected chi connectivity index (χ3v) is 3.74. The number of ether oxygens (including phenoxy) is 1. The second-order valence-corrected chi connectivity index (χ2v) is 5.26. The number of para-hydroxylation sites is 1. The maximum Gasteiger partial charge on any atom is 0.305 e. The van der Waals surface area contributed by atoms with Crippen LogP contribution in [0.3, 0.4) is 0 Å². The molecule has 2 aromatic rings. The lowest BCUT2D eigenvalue weighted by molar-refractivity contribution is -0.140. The molecule has 2 N–H and O–H groups in total. The van der Waals surface area contributed by atoms with Gasteiger partial charge in [0.05, 0.1) is 12.6 Å². The minimum absolute atomic E-state index is 0.0976. The summed E-state index contributed by atoms with van der Waals surface area (Å²) >= 11 is 0. The van der Waals surface area contributed by atoms with E-state index in [1.54, 1.807) is 0 Å². The summed E-state index contributed by atoms with van der Waals surface area (Å²) in [5.74, 6) is -0.0976. The summed E-state index contributed by atoms with van der Waals surface area (Å²) in [6, 6.07) is 12.1. The zero-order valence-electron chi connectivity index (χ0n) is 16.1. The highest BCUT2D eigenvalue weighted by atomic mass is 16.5. The second kappa shape index (κ2) is 15.5. The zero-order valence-corrected chi connectivity index (χ0v) is 16.1. The molecule has 0 aliphatic rings. The normalized spacial score (nSPS) is 9.68. The van der Waals surface area contributed by atoms with Crippen LogP contribution in [0.15, 0.2) is 42.6 Å². The molecular weight excluding hydrogens is 314 g/mol. The van der Waals surface area contributed by atoms with Crippen molar-refractivity contribution in [2.45, 2.75) is 33.1 Å². The lowest BCUT2D eigenvalue weighted by Gasteiger charge is -2.17. The first-order valence-electron chi connectivity index (χ1n) is 8.87. The standard InChI is InChI=1S/C10H21NO2.C9H7N.CH5N/c1-4-11(5-2)9-7-6-8-10(12)13-3;1-2-6-9-8(4-1)5-3-7-10-9;1-2/h4-9H2,1-3H3;1-7H;2H2,1H3. The maximum atomic E-state index is 10.8. The second-order valence-electron chi connectivity index (χ2n) is 5.26. The molecule has 0 amide bonds. The molecule has 1 heterocycles. The first-order valence-corrected chi connectivity index (χ1v) is 8.87. The smallest absolute Gasteiger partial charge is 0.305 e. The van der Waals surface area contributed by atoms with Gasteiger partial charge >= 0.3 is 5.97 Å². The van der Waals surface area contributed by atoms with E-state index in [9.17, 15) is 4.79 Å². The molecule has 0 saturated carbocycles. The number of hydrogen-bond donors (Lipinski definition) is 1. The predicted octanol–water partition coefficient (Wildman–Crippen LogP) is 3.48. The van der Waals surface area contributed by atoms with Gasteiger partial charge in [-0.1, -0.05) is 38.1 Å². The number of hydrogen-bond acceptors (Lipinski definition) is 5. The third-order valence-electron chi connectivity index (χ3n) is 3.74. The summed E-state index contributed by atoms with van der Waals surface area (Å²) < 4.78 is 4.56. The van der Waals surface area contributed by atoms with Gasteiger partial charge in [0.1, 0.15) is 0 Å². The van der Waals surface area contributed by atoms with Crippen LogP contribution in [0.2, 0.25) is 0 Å². The molecule has 0 saturated heterocycles. The van der Waals surface area contributed by atoms with Gasteiger partial charge in [0.2, 0.25) is 0 Å². The Morgan fingerprint density at radius 1 is 1.08 bits per heavy atom. The Labute approximate surface area is 152 Å². The van der Waals surface area contributed by atoms with Crippen LogP contribution in [0, 0.1) is 0 Å². The Balaban J connectivity index is 0.000000426. The molecule has 5 heteroatoms. The Morgan fingerprint density at radius 3 is 2.32 bits per heavy atom. The van der Waals surface area contributed by atoms with Crippen molar-refractivity contribution in [3.63, 3.8) is 0 Å². The van der Waals surface area contributed by atoms with E-state index in [2.05, 4.69) is 46.3 Å². The Hall–Kier alpha value is -1.98. The molecule has 0 aliphatic carbocycles.